The van der Waals surface area contributed by atoms with E-state index < -0.39 is 28.7 Å². The SMILES string of the molecule is CC(=O)C12CC(CC(=O)[C@@H]3NC4(CCCCC4)[C@@]4(C(=O)Nc5cc(Cl)ccc54)[C@H]3c3cccc(Cl)c3F)(C1)C2. The normalized spacial score (nSPS) is 35.3. The fourth-order valence-electron chi connectivity index (χ4n) is 9.31. The highest BCUT2D eigenvalue weighted by Gasteiger charge is 2.74. The fraction of sp³-hybridized carbons (Fsp3) is 0.516. The van der Waals surface area contributed by atoms with Crippen molar-refractivity contribution in [1.29, 1.82) is 0 Å². The monoisotopic (exact) mass is 568 g/mol. The Labute approximate surface area is 237 Å². The van der Waals surface area contributed by atoms with Crippen molar-refractivity contribution in [3.05, 3.63) is 63.4 Å². The Morgan fingerprint density at radius 2 is 1.77 bits per heavy atom. The van der Waals surface area contributed by atoms with Crippen LogP contribution in [0.5, 0.6) is 0 Å². The molecule has 204 valence electrons. The standard InChI is InChI=1S/C31H31Cl2FN2O3/c1-17(37)29-14-28(15-29,16-29)13-23(38)26-24(19-6-5-7-21(33)25(19)34)31(30(36-26)10-3-2-4-11-30)20-9-8-18(32)12-22(20)35-27(31)39/h5-9,12,24,26,36H,2-4,10-11,13-16H2,1H3,(H,35,39)/t24-,26-,28?,29?,31+/m0/s1. The van der Waals surface area contributed by atoms with Crippen LogP contribution in [0.25, 0.3) is 0 Å². The molecule has 2 N–H and O–H groups in total. The van der Waals surface area contributed by atoms with E-state index in [4.69, 9.17) is 23.2 Å². The number of amides is 1. The van der Waals surface area contributed by atoms with Gasteiger partial charge in [-0.3, -0.25) is 19.7 Å². The van der Waals surface area contributed by atoms with Crippen LogP contribution in [0.2, 0.25) is 10.0 Å². The highest BCUT2D eigenvalue weighted by molar-refractivity contribution is 6.31. The second-order valence-electron chi connectivity index (χ2n) is 12.8. The number of fused-ring (bicyclic) bond motifs is 3. The molecule has 2 aromatic rings. The minimum atomic E-state index is -1.21. The lowest BCUT2D eigenvalue weighted by molar-refractivity contribution is -0.206. The van der Waals surface area contributed by atoms with Crippen LogP contribution in [0.3, 0.4) is 0 Å². The molecule has 6 aliphatic rings. The maximum absolute atomic E-state index is 16.0. The van der Waals surface area contributed by atoms with Gasteiger partial charge in [-0.05, 0) is 73.8 Å². The number of rotatable bonds is 5. The molecule has 39 heavy (non-hydrogen) atoms. The van der Waals surface area contributed by atoms with Gasteiger partial charge in [0.1, 0.15) is 17.0 Å². The second-order valence-corrected chi connectivity index (χ2v) is 13.7. The number of ketones is 2. The van der Waals surface area contributed by atoms with Crippen molar-refractivity contribution in [3.63, 3.8) is 0 Å². The van der Waals surface area contributed by atoms with E-state index in [1.807, 2.05) is 6.07 Å². The van der Waals surface area contributed by atoms with Gasteiger partial charge < -0.3 is 5.32 Å². The van der Waals surface area contributed by atoms with E-state index in [1.54, 1.807) is 31.2 Å². The second kappa shape index (κ2) is 8.37. The first-order valence-electron chi connectivity index (χ1n) is 13.9. The smallest absolute Gasteiger partial charge is 0.237 e. The molecule has 5 fully saturated rings. The minimum absolute atomic E-state index is 0.0201. The van der Waals surface area contributed by atoms with E-state index in [0.29, 0.717) is 30.0 Å². The molecule has 4 aliphatic carbocycles. The number of hydrogen-bond acceptors (Lipinski definition) is 4. The van der Waals surface area contributed by atoms with Crippen LogP contribution >= 0.6 is 23.2 Å². The van der Waals surface area contributed by atoms with Gasteiger partial charge in [-0.25, -0.2) is 4.39 Å². The van der Waals surface area contributed by atoms with Gasteiger partial charge in [0, 0.05) is 34.0 Å². The molecule has 2 bridgehead atoms. The molecule has 0 unspecified atom stereocenters. The van der Waals surface area contributed by atoms with Crippen LogP contribution in [-0.4, -0.2) is 29.1 Å². The highest BCUT2D eigenvalue weighted by Crippen LogP contribution is 2.75. The van der Waals surface area contributed by atoms with Crippen LogP contribution in [0.15, 0.2) is 36.4 Å². The quantitative estimate of drug-likeness (QED) is 0.431. The van der Waals surface area contributed by atoms with E-state index >= 15 is 4.39 Å². The molecule has 0 radical (unpaired) electrons. The maximum Gasteiger partial charge on any atom is 0.237 e. The summed E-state index contributed by atoms with van der Waals surface area (Å²) in [5, 5.41) is 7.25. The largest absolute Gasteiger partial charge is 0.325 e. The number of nitrogens with one attached hydrogen (secondary N) is 2. The molecule has 0 aromatic heterocycles. The van der Waals surface area contributed by atoms with Gasteiger partial charge in [-0.15, -0.1) is 0 Å². The van der Waals surface area contributed by atoms with E-state index in [0.717, 1.165) is 44.1 Å². The van der Waals surface area contributed by atoms with Crippen LogP contribution in [0, 0.1) is 16.6 Å². The predicted octanol–water partition coefficient (Wildman–Crippen LogP) is 6.50. The summed E-state index contributed by atoms with van der Waals surface area (Å²) < 4.78 is 16.0. The van der Waals surface area contributed by atoms with E-state index in [1.165, 1.54) is 6.07 Å². The van der Waals surface area contributed by atoms with Crippen LogP contribution < -0.4 is 10.6 Å². The van der Waals surface area contributed by atoms with Gasteiger partial charge in [0.2, 0.25) is 5.91 Å². The predicted molar refractivity (Wildman–Crippen MR) is 148 cm³/mol. The molecule has 8 heteroatoms. The van der Waals surface area contributed by atoms with Crippen molar-refractivity contribution in [2.24, 2.45) is 10.8 Å². The summed E-state index contributed by atoms with van der Waals surface area (Å²) in [7, 11) is 0. The zero-order valence-electron chi connectivity index (χ0n) is 21.8. The average Bonchev–Trinajstić information content (AvgIpc) is 3.30. The lowest BCUT2D eigenvalue weighted by Crippen LogP contribution is -2.66. The molecule has 3 atom stereocenters. The summed E-state index contributed by atoms with van der Waals surface area (Å²) in [6.07, 6.45) is 6.78. The first-order chi connectivity index (χ1) is 18.6. The number of hydrogen-bond donors (Lipinski definition) is 2. The first kappa shape index (κ1) is 25.7. The lowest BCUT2D eigenvalue weighted by Gasteiger charge is -2.69. The van der Waals surface area contributed by atoms with Crippen molar-refractivity contribution >= 4 is 46.4 Å². The Morgan fingerprint density at radius 1 is 1.05 bits per heavy atom. The van der Waals surface area contributed by atoms with E-state index in [9.17, 15) is 14.4 Å². The Hall–Kier alpha value is -2.28. The fourth-order valence-corrected chi connectivity index (χ4v) is 9.66. The average molecular weight is 570 g/mol. The molecule has 5 nitrogen and oxygen atoms in total. The summed E-state index contributed by atoms with van der Waals surface area (Å²) >= 11 is 12.6. The molecule has 2 aliphatic heterocycles. The van der Waals surface area contributed by atoms with E-state index in [-0.39, 0.29) is 38.9 Å². The van der Waals surface area contributed by atoms with Crippen LogP contribution in [0.1, 0.15) is 81.8 Å². The third-order valence-corrected chi connectivity index (χ3v) is 11.3. The number of benzene rings is 2. The highest BCUT2D eigenvalue weighted by atomic mass is 35.5. The lowest BCUT2D eigenvalue weighted by atomic mass is 9.33. The summed E-state index contributed by atoms with van der Waals surface area (Å²) in [4.78, 5) is 40.8. The van der Waals surface area contributed by atoms with Gasteiger partial charge in [0.05, 0.1) is 11.1 Å². The summed E-state index contributed by atoms with van der Waals surface area (Å²) in [5.74, 6) is -1.43. The van der Waals surface area contributed by atoms with Crippen molar-refractivity contribution in [2.45, 2.75) is 87.6 Å². The van der Waals surface area contributed by atoms with Crippen LogP contribution in [-0.2, 0) is 19.8 Å². The molecule has 2 aromatic carbocycles. The zero-order chi connectivity index (χ0) is 27.4. The number of halogens is 3. The number of carbonyl (C=O) groups is 3. The van der Waals surface area contributed by atoms with Crippen LogP contribution in [0.4, 0.5) is 10.1 Å². The third-order valence-electron chi connectivity index (χ3n) is 10.8. The molecule has 1 saturated heterocycles. The first-order valence-corrected chi connectivity index (χ1v) is 14.7. The Morgan fingerprint density at radius 3 is 2.46 bits per heavy atom. The zero-order valence-corrected chi connectivity index (χ0v) is 23.4. The molecule has 2 heterocycles. The van der Waals surface area contributed by atoms with Crippen molar-refractivity contribution in [3.8, 4) is 0 Å². The summed E-state index contributed by atoms with van der Waals surface area (Å²) in [6.45, 7) is 1.64. The minimum Gasteiger partial charge on any atom is -0.325 e. The molecular formula is C31H31Cl2FN2O3. The Bertz CT molecular complexity index is 1430. The number of anilines is 1. The summed E-state index contributed by atoms with van der Waals surface area (Å²) in [6, 6.07) is 9.46. The van der Waals surface area contributed by atoms with Gasteiger partial charge in [0.15, 0.2) is 5.78 Å². The molecule has 2 spiro atoms. The van der Waals surface area contributed by atoms with Gasteiger partial charge in [-0.2, -0.15) is 0 Å². The van der Waals surface area contributed by atoms with E-state index in [2.05, 4.69) is 10.6 Å². The number of carbonyl (C=O) groups excluding carboxylic acids is 3. The molecule has 1 amide bonds. The van der Waals surface area contributed by atoms with Crippen molar-refractivity contribution in [2.75, 3.05) is 5.32 Å². The Balaban J connectivity index is 1.39. The summed E-state index contributed by atoms with van der Waals surface area (Å²) in [5.41, 5.74) is -0.702. The topological polar surface area (TPSA) is 75.3 Å². The van der Waals surface area contributed by atoms with Crippen molar-refractivity contribution in [1.82, 2.24) is 5.32 Å². The molecular weight excluding hydrogens is 538 g/mol. The van der Waals surface area contributed by atoms with Gasteiger partial charge in [-0.1, -0.05) is 60.7 Å². The van der Waals surface area contributed by atoms with Gasteiger partial charge >= 0.3 is 0 Å². The molecule has 4 saturated carbocycles. The number of Topliss-reactive ketones (excluding diaryl/α,β-unsaturated/α-hetero) is 2. The maximum atomic E-state index is 16.0. The molecule has 8 rings (SSSR count). The van der Waals surface area contributed by atoms with Crippen molar-refractivity contribution < 1.29 is 18.8 Å². The van der Waals surface area contributed by atoms with Gasteiger partial charge in [0.25, 0.3) is 0 Å². The third kappa shape index (κ3) is 3.25. The Kier molecular flexibility index (Phi) is 5.51.